The average molecular weight is 341 g/mol. The maximum atomic E-state index is 10.9. The summed E-state index contributed by atoms with van der Waals surface area (Å²) in [5.41, 5.74) is 5.50. The summed E-state index contributed by atoms with van der Waals surface area (Å²) in [6.45, 7) is 2.09. The summed E-state index contributed by atoms with van der Waals surface area (Å²) in [6, 6.07) is 21.9. The number of pyridine rings is 1. The Morgan fingerprint density at radius 1 is 0.808 bits per heavy atom. The fraction of sp³-hybridized carbons (Fsp3) is 0.0870. The molecule has 1 heterocycles. The van der Waals surface area contributed by atoms with Gasteiger partial charge in [0.1, 0.15) is 17.0 Å². The van der Waals surface area contributed by atoms with Gasteiger partial charge in [0.15, 0.2) is 0 Å². The average Bonchev–Trinajstić information content (AvgIpc) is 2.69. The van der Waals surface area contributed by atoms with Crippen molar-refractivity contribution in [2.75, 3.05) is 7.11 Å². The molecule has 26 heavy (non-hydrogen) atoms. The van der Waals surface area contributed by atoms with Gasteiger partial charge in [0.2, 0.25) is 0 Å². The highest BCUT2D eigenvalue weighted by atomic mass is 16.5. The van der Waals surface area contributed by atoms with E-state index in [-0.39, 0.29) is 5.75 Å². The van der Waals surface area contributed by atoms with Crippen molar-refractivity contribution in [2.45, 2.75) is 6.92 Å². The lowest BCUT2D eigenvalue weighted by Crippen LogP contribution is -1.92. The van der Waals surface area contributed by atoms with Gasteiger partial charge in [-0.25, -0.2) is 0 Å². The number of phenols is 1. The molecule has 0 amide bonds. The van der Waals surface area contributed by atoms with E-state index in [1.165, 1.54) is 5.56 Å². The first-order valence-electron chi connectivity index (χ1n) is 8.51. The van der Waals surface area contributed by atoms with Crippen LogP contribution in [0.15, 0.2) is 72.9 Å². The molecule has 4 aromatic rings. The van der Waals surface area contributed by atoms with Crippen molar-refractivity contribution in [3.8, 4) is 33.8 Å². The number of fused-ring (bicyclic) bond motifs is 1. The minimum atomic E-state index is 0.169. The molecule has 0 aliphatic rings. The molecule has 0 radical (unpaired) electrons. The van der Waals surface area contributed by atoms with Gasteiger partial charge < -0.3 is 9.84 Å². The number of ether oxygens (including phenoxy) is 1. The summed E-state index contributed by atoms with van der Waals surface area (Å²) in [6.07, 6.45) is 1.70. The molecule has 0 saturated heterocycles. The van der Waals surface area contributed by atoms with Gasteiger partial charge >= 0.3 is 0 Å². The molecule has 0 aliphatic carbocycles. The molecular weight excluding hydrogens is 322 g/mol. The predicted octanol–water partition coefficient (Wildman–Crippen LogP) is 5.59. The number of para-hydroxylation sites is 1. The predicted molar refractivity (Wildman–Crippen MR) is 106 cm³/mol. The van der Waals surface area contributed by atoms with E-state index in [9.17, 15) is 5.11 Å². The topological polar surface area (TPSA) is 42.4 Å². The molecule has 0 saturated carbocycles. The van der Waals surface area contributed by atoms with Crippen LogP contribution in [0.1, 0.15) is 5.56 Å². The summed E-state index contributed by atoms with van der Waals surface area (Å²) < 4.78 is 5.50. The SMILES string of the molecule is COc1ccccc1-c1cc(-c2ccccc2C)c2cccnc2c1O. The molecule has 3 nitrogen and oxygen atoms in total. The molecule has 0 atom stereocenters. The maximum absolute atomic E-state index is 10.9. The van der Waals surface area contributed by atoms with Crippen molar-refractivity contribution in [1.29, 1.82) is 0 Å². The van der Waals surface area contributed by atoms with Gasteiger partial charge in [-0.3, -0.25) is 4.98 Å². The van der Waals surface area contributed by atoms with E-state index in [1.807, 2.05) is 54.6 Å². The summed E-state index contributed by atoms with van der Waals surface area (Å²) in [4.78, 5) is 4.45. The standard InChI is InChI=1S/C23H19NO2/c1-15-8-3-4-9-16(15)19-14-20(17-10-5-6-12-21(17)26-2)23(25)22-18(19)11-7-13-24-22/h3-14,25H,1-2H3. The molecule has 4 rings (SSSR count). The molecule has 3 heteroatoms. The van der Waals surface area contributed by atoms with Crippen LogP contribution in [0.4, 0.5) is 0 Å². The second-order valence-corrected chi connectivity index (χ2v) is 6.24. The van der Waals surface area contributed by atoms with Gasteiger partial charge in [-0.2, -0.15) is 0 Å². The van der Waals surface area contributed by atoms with Gasteiger partial charge in [0.25, 0.3) is 0 Å². The van der Waals surface area contributed by atoms with E-state index in [1.54, 1.807) is 13.3 Å². The lowest BCUT2D eigenvalue weighted by atomic mass is 9.92. The third-order valence-electron chi connectivity index (χ3n) is 4.70. The fourth-order valence-electron chi connectivity index (χ4n) is 3.40. The van der Waals surface area contributed by atoms with E-state index in [0.717, 1.165) is 22.1 Å². The van der Waals surface area contributed by atoms with E-state index in [4.69, 9.17) is 4.74 Å². The molecule has 3 aromatic carbocycles. The maximum Gasteiger partial charge on any atom is 0.149 e. The highest BCUT2D eigenvalue weighted by Crippen LogP contribution is 2.43. The molecule has 0 spiro atoms. The third kappa shape index (κ3) is 2.58. The summed E-state index contributed by atoms with van der Waals surface area (Å²) in [5, 5.41) is 11.9. The molecule has 0 bridgehead atoms. The summed E-state index contributed by atoms with van der Waals surface area (Å²) in [5.74, 6) is 0.885. The molecule has 1 aromatic heterocycles. The minimum absolute atomic E-state index is 0.169. The number of hydrogen-bond acceptors (Lipinski definition) is 3. The van der Waals surface area contributed by atoms with Crippen LogP contribution in [0.2, 0.25) is 0 Å². The Kier molecular flexibility index (Phi) is 4.05. The van der Waals surface area contributed by atoms with Gasteiger partial charge in [0, 0.05) is 22.7 Å². The Morgan fingerprint density at radius 3 is 2.31 bits per heavy atom. The normalized spacial score (nSPS) is 10.8. The Labute approximate surface area is 152 Å². The molecule has 0 aliphatic heterocycles. The lowest BCUT2D eigenvalue weighted by molar-refractivity contribution is 0.416. The Hall–Kier alpha value is -3.33. The second-order valence-electron chi connectivity index (χ2n) is 6.24. The van der Waals surface area contributed by atoms with E-state index >= 15 is 0 Å². The number of phenolic OH excluding ortho intramolecular Hbond substituents is 1. The fourth-order valence-corrected chi connectivity index (χ4v) is 3.40. The largest absolute Gasteiger partial charge is 0.505 e. The lowest BCUT2D eigenvalue weighted by Gasteiger charge is -2.16. The van der Waals surface area contributed by atoms with Crippen molar-refractivity contribution in [3.05, 3.63) is 78.5 Å². The van der Waals surface area contributed by atoms with Gasteiger partial charge in [0.05, 0.1) is 7.11 Å². The van der Waals surface area contributed by atoms with Gasteiger partial charge in [-0.15, -0.1) is 0 Å². The zero-order valence-electron chi connectivity index (χ0n) is 14.7. The smallest absolute Gasteiger partial charge is 0.149 e. The van der Waals surface area contributed by atoms with Gasteiger partial charge in [-0.05, 0) is 41.8 Å². The highest BCUT2D eigenvalue weighted by Gasteiger charge is 2.18. The van der Waals surface area contributed by atoms with Crippen LogP contribution in [0, 0.1) is 6.92 Å². The van der Waals surface area contributed by atoms with Gasteiger partial charge in [-0.1, -0.05) is 48.5 Å². The van der Waals surface area contributed by atoms with Crippen molar-refractivity contribution in [2.24, 2.45) is 0 Å². The summed E-state index contributed by atoms with van der Waals surface area (Å²) >= 11 is 0. The minimum Gasteiger partial charge on any atom is -0.505 e. The Balaban J connectivity index is 2.10. The zero-order valence-corrected chi connectivity index (χ0v) is 14.7. The van der Waals surface area contributed by atoms with Crippen LogP contribution in [0.5, 0.6) is 11.5 Å². The second kappa shape index (κ2) is 6.52. The first-order chi connectivity index (χ1) is 12.7. The molecule has 0 fully saturated rings. The van der Waals surface area contributed by atoms with Crippen molar-refractivity contribution in [3.63, 3.8) is 0 Å². The van der Waals surface area contributed by atoms with E-state index in [0.29, 0.717) is 16.8 Å². The Morgan fingerprint density at radius 2 is 1.54 bits per heavy atom. The number of aryl methyl sites for hydroxylation is 1. The van der Waals surface area contributed by atoms with Crippen molar-refractivity contribution in [1.82, 2.24) is 4.98 Å². The molecule has 128 valence electrons. The molecular formula is C23H19NO2. The summed E-state index contributed by atoms with van der Waals surface area (Å²) in [7, 11) is 1.64. The molecule has 1 N–H and O–H groups in total. The van der Waals surface area contributed by atoms with Crippen molar-refractivity contribution < 1.29 is 9.84 Å². The number of aromatic nitrogens is 1. The van der Waals surface area contributed by atoms with E-state index < -0.39 is 0 Å². The number of rotatable bonds is 3. The highest BCUT2D eigenvalue weighted by molar-refractivity contribution is 6.03. The zero-order chi connectivity index (χ0) is 18.1. The van der Waals surface area contributed by atoms with Crippen LogP contribution in [0.3, 0.4) is 0 Å². The first kappa shape index (κ1) is 16.2. The van der Waals surface area contributed by atoms with Crippen LogP contribution < -0.4 is 4.74 Å². The molecule has 0 unspecified atom stereocenters. The van der Waals surface area contributed by atoms with Crippen LogP contribution in [-0.4, -0.2) is 17.2 Å². The monoisotopic (exact) mass is 341 g/mol. The number of benzene rings is 3. The number of methoxy groups -OCH3 is 1. The first-order valence-corrected chi connectivity index (χ1v) is 8.51. The van der Waals surface area contributed by atoms with Crippen LogP contribution in [-0.2, 0) is 0 Å². The Bertz CT molecular complexity index is 1100. The van der Waals surface area contributed by atoms with Crippen LogP contribution in [0.25, 0.3) is 33.2 Å². The van der Waals surface area contributed by atoms with E-state index in [2.05, 4.69) is 24.0 Å². The number of hydrogen-bond donors (Lipinski definition) is 1. The van der Waals surface area contributed by atoms with Crippen LogP contribution >= 0.6 is 0 Å². The third-order valence-corrected chi connectivity index (χ3v) is 4.70. The number of nitrogens with zero attached hydrogens (tertiary/aromatic N) is 1. The quantitative estimate of drug-likeness (QED) is 0.528. The number of aromatic hydroxyl groups is 1. The van der Waals surface area contributed by atoms with Crippen molar-refractivity contribution >= 4 is 10.9 Å².